The van der Waals surface area contributed by atoms with Crippen molar-refractivity contribution in [1.82, 2.24) is 4.90 Å². The number of nitrogens with two attached hydrogens (primary N) is 1. The molecule has 106 valence electrons. The highest BCUT2D eigenvalue weighted by Crippen LogP contribution is 2.32. The van der Waals surface area contributed by atoms with E-state index >= 15 is 0 Å². The zero-order chi connectivity index (χ0) is 13.1. The van der Waals surface area contributed by atoms with Crippen LogP contribution in [0.3, 0.4) is 0 Å². The fourth-order valence-corrected chi connectivity index (χ4v) is 2.69. The molecule has 0 spiro atoms. The highest BCUT2D eigenvalue weighted by Gasteiger charge is 2.34. The Morgan fingerprint density at radius 1 is 1.42 bits per heavy atom. The van der Waals surface area contributed by atoms with Crippen LogP contribution in [0.5, 0.6) is 0 Å². The van der Waals surface area contributed by atoms with Crippen LogP contribution in [-0.4, -0.2) is 29.9 Å². The van der Waals surface area contributed by atoms with Crippen molar-refractivity contribution in [2.45, 2.75) is 32.2 Å². The number of amides is 1. The number of hydrogen-bond donors (Lipinski definition) is 1. The molecule has 3 atom stereocenters. The summed E-state index contributed by atoms with van der Waals surface area (Å²) < 4.78 is 0. The summed E-state index contributed by atoms with van der Waals surface area (Å²) >= 11 is 0. The minimum atomic E-state index is -0.0676. The molecule has 1 saturated heterocycles. The molecule has 1 heterocycles. The Balaban J connectivity index is 0.00000180. The van der Waals surface area contributed by atoms with E-state index in [4.69, 9.17) is 5.73 Å². The second kappa shape index (κ2) is 6.92. The minimum Gasteiger partial charge on any atom is -0.339 e. The smallest absolute Gasteiger partial charge is 0.226 e. The summed E-state index contributed by atoms with van der Waals surface area (Å²) in [6, 6.07) is 10.8. The zero-order valence-electron chi connectivity index (χ0n) is 11.6. The van der Waals surface area contributed by atoms with Gasteiger partial charge in [0.2, 0.25) is 5.91 Å². The third kappa shape index (κ3) is 3.48. The third-order valence-corrected chi connectivity index (χ3v) is 3.90. The van der Waals surface area contributed by atoms with Gasteiger partial charge in [0, 0.05) is 31.0 Å². The number of rotatable bonds is 3. The van der Waals surface area contributed by atoms with Gasteiger partial charge in [0.25, 0.3) is 0 Å². The first kappa shape index (κ1) is 16.0. The van der Waals surface area contributed by atoms with E-state index in [1.165, 1.54) is 5.56 Å². The number of nitrogens with zero attached hydrogens (tertiary/aromatic N) is 1. The van der Waals surface area contributed by atoms with Crippen molar-refractivity contribution in [1.29, 1.82) is 0 Å². The molecule has 19 heavy (non-hydrogen) atoms. The summed E-state index contributed by atoms with van der Waals surface area (Å²) in [5.74, 6) is 0.598. The van der Waals surface area contributed by atoms with E-state index in [1.807, 2.05) is 17.9 Å². The van der Waals surface area contributed by atoms with Crippen LogP contribution < -0.4 is 5.73 Å². The Hall–Kier alpha value is -1.06. The Morgan fingerprint density at radius 2 is 2.05 bits per heavy atom. The lowest BCUT2D eigenvalue weighted by Gasteiger charge is -2.24. The van der Waals surface area contributed by atoms with Crippen molar-refractivity contribution in [3.8, 4) is 0 Å². The molecule has 1 amide bonds. The van der Waals surface area contributed by atoms with E-state index in [0.29, 0.717) is 18.5 Å². The van der Waals surface area contributed by atoms with E-state index < -0.39 is 0 Å². The van der Waals surface area contributed by atoms with Gasteiger partial charge in [-0.15, -0.1) is 12.4 Å². The minimum absolute atomic E-state index is 0. The molecule has 3 unspecified atom stereocenters. The summed E-state index contributed by atoms with van der Waals surface area (Å²) in [5, 5.41) is 0. The average molecular weight is 283 g/mol. The fourth-order valence-electron chi connectivity index (χ4n) is 2.69. The zero-order valence-corrected chi connectivity index (χ0v) is 12.4. The number of likely N-dealkylation sites (tertiary alicyclic amines) is 1. The van der Waals surface area contributed by atoms with Crippen LogP contribution in [0, 0.1) is 5.92 Å². The molecule has 4 heteroatoms. The predicted octanol–water partition coefficient (Wildman–Crippen LogP) is 2.41. The summed E-state index contributed by atoms with van der Waals surface area (Å²) in [6.07, 6.45) is 1.05. The Bertz CT molecular complexity index is 410. The molecule has 2 N–H and O–H groups in total. The molecule has 0 aromatic heterocycles. The van der Waals surface area contributed by atoms with Gasteiger partial charge in [0.05, 0.1) is 0 Å². The molecule has 1 aliphatic heterocycles. The highest BCUT2D eigenvalue weighted by atomic mass is 35.5. The molecule has 1 fully saturated rings. The molecule has 0 aliphatic carbocycles. The topological polar surface area (TPSA) is 46.3 Å². The van der Waals surface area contributed by atoms with Crippen LogP contribution in [0.1, 0.15) is 31.7 Å². The standard InChI is InChI=1S/C15H22N2O.ClH/c1-11(9-16)15(18)17-10-14(8-12(17)2)13-6-4-3-5-7-13;/h3-7,11-12,14H,8-10,16H2,1-2H3;1H. The van der Waals surface area contributed by atoms with Gasteiger partial charge in [0.15, 0.2) is 0 Å². The predicted molar refractivity (Wildman–Crippen MR) is 80.4 cm³/mol. The summed E-state index contributed by atoms with van der Waals surface area (Å²) in [5.41, 5.74) is 6.92. The van der Waals surface area contributed by atoms with Crippen molar-refractivity contribution in [2.75, 3.05) is 13.1 Å². The molecular formula is C15H23ClN2O. The van der Waals surface area contributed by atoms with Crippen molar-refractivity contribution < 1.29 is 4.79 Å². The summed E-state index contributed by atoms with van der Waals surface area (Å²) in [4.78, 5) is 14.2. The molecule has 2 rings (SSSR count). The first-order valence-corrected chi connectivity index (χ1v) is 6.69. The molecule has 0 radical (unpaired) electrons. The second-order valence-corrected chi connectivity index (χ2v) is 5.32. The molecule has 1 aliphatic rings. The van der Waals surface area contributed by atoms with Crippen molar-refractivity contribution in [2.24, 2.45) is 11.7 Å². The van der Waals surface area contributed by atoms with E-state index in [0.717, 1.165) is 13.0 Å². The van der Waals surface area contributed by atoms with Crippen molar-refractivity contribution in [3.63, 3.8) is 0 Å². The maximum absolute atomic E-state index is 12.2. The molecule has 0 bridgehead atoms. The van der Waals surface area contributed by atoms with Crippen LogP contribution >= 0.6 is 12.4 Å². The molecule has 1 aromatic carbocycles. The van der Waals surface area contributed by atoms with Gasteiger partial charge in [-0.25, -0.2) is 0 Å². The van der Waals surface area contributed by atoms with Gasteiger partial charge in [-0.2, -0.15) is 0 Å². The van der Waals surface area contributed by atoms with Crippen molar-refractivity contribution in [3.05, 3.63) is 35.9 Å². The van der Waals surface area contributed by atoms with Crippen LogP contribution in [0.15, 0.2) is 30.3 Å². The van der Waals surface area contributed by atoms with Crippen LogP contribution in [0.4, 0.5) is 0 Å². The number of benzene rings is 1. The average Bonchev–Trinajstić information content (AvgIpc) is 2.80. The summed E-state index contributed by atoms with van der Waals surface area (Å²) in [6.45, 7) is 5.29. The van der Waals surface area contributed by atoms with Gasteiger partial charge in [-0.3, -0.25) is 4.79 Å². The highest BCUT2D eigenvalue weighted by molar-refractivity contribution is 5.85. The van der Waals surface area contributed by atoms with Gasteiger partial charge in [0.1, 0.15) is 0 Å². The van der Waals surface area contributed by atoms with Crippen LogP contribution in [-0.2, 0) is 4.79 Å². The summed E-state index contributed by atoms with van der Waals surface area (Å²) in [7, 11) is 0. The Kier molecular flexibility index (Phi) is 5.83. The van der Waals surface area contributed by atoms with Gasteiger partial charge >= 0.3 is 0 Å². The molecule has 3 nitrogen and oxygen atoms in total. The quantitative estimate of drug-likeness (QED) is 0.925. The maximum Gasteiger partial charge on any atom is 0.226 e. The fraction of sp³-hybridized carbons (Fsp3) is 0.533. The maximum atomic E-state index is 12.2. The van der Waals surface area contributed by atoms with Crippen LogP contribution in [0.2, 0.25) is 0 Å². The second-order valence-electron chi connectivity index (χ2n) is 5.32. The van der Waals surface area contributed by atoms with E-state index in [-0.39, 0.29) is 24.2 Å². The number of hydrogen-bond acceptors (Lipinski definition) is 2. The lowest BCUT2D eigenvalue weighted by molar-refractivity contribution is -0.135. The normalized spacial score (nSPS) is 23.8. The lowest BCUT2D eigenvalue weighted by atomic mass is 9.97. The van der Waals surface area contributed by atoms with Crippen LogP contribution in [0.25, 0.3) is 0 Å². The first-order valence-electron chi connectivity index (χ1n) is 6.69. The van der Waals surface area contributed by atoms with E-state index in [2.05, 4.69) is 31.2 Å². The monoisotopic (exact) mass is 282 g/mol. The number of carbonyl (C=O) groups excluding carboxylic acids is 1. The largest absolute Gasteiger partial charge is 0.339 e. The van der Waals surface area contributed by atoms with E-state index in [1.54, 1.807) is 0 Å². The number of carbonyl (C=O) groups is 1. The molecule has 1 aromatic rings. The Labute approximate surface area is 121 Å². The lowest BCUT2D eigenvalue weighted by Crippen LogP contribution is -2.39. The van der Waals surface area contributed by atoms with Gasteiger partial charge < -0.3 is 10.6 Å². The van der Waals surface area contributed by atoms with Gasteiger partial charge in [-0.1, -0.05) is 37.3 Å². The Morgan fingerprint density at radius 3 is 2.63 bits per heavy atom. The SMILES string of the molecule is CC(CN)C(=O)N1CC(c2ccccc2)CC1C.Cl. The first-order chi connectivity index (χ1) is 8.63. The van der Waals surface area contributed by atoms with E-state index in [9.17, 15) is 4.79 Å². The van der Waals surface area contributed by atoms with Gasteiger partial charge in [-0.05, 0) is 18.9 Å². The molecule has 0 saturated carbocycles. The van der Waals surface area contributed by atoms with Crippen molar-refractivity contribution >= 4 is 18.3 Å². The third-order valence-electron chi connectivity index (χ3n) is 3.90. The molecular weight excluding hydrogens is 260 g/mol. The number of halogens is 1.